The normalized spacial score (nSPS) is 11.0. The third kappa shape index (κ3) is 2.70. The lowest BCUT2D eigenvalue weighted by molar-refractivity contribution is 0.0890. The summed E-state index contributed by atoms with van der Waals surface area (Å²) in [6.45, 7) is 4.18. The number of fused-ring (bicyclic) bond motifs is 1. The number of para-hydroxylation sites is 1. The molecule has 21 heavy (non-hydrogen) atoms. The van der Waals surface area contributed by atoms with Crippen LogP contribution in [0, 0.1) is 13.8 Å². The van der Waals surface area contributed by atoms with Gasteiger partial charge in [-0.1, -0.05) is 35.5 Å². The van der Waals surface area contributed by atoms with Crippen LogP contribution in [0.25, 0.3) is 11.0 Å². The smallest absolute Gasteiger partial charge is 0.249 e. The summed E-state index contributed by atoms with van der Waals surface area (Å²) in [6, 6.07) is 13.8. The molecule has 0 unspecified atom stereocenters. The number of carbonyl (C=O) groups is 1. The molecule has 0 aliphatic carbocycles. The minimum Gasteiger partial charge on any atom is -0.272 e. The number of benzene rings is 2. The summed E-state index contributed by atoms with van der Waals surface area (Å²) in [5.74, 6) is -0.0260. The van der Waals surface area contributed by atoms with E-state index in [0.29, 0.717) is 12.8 Å². The van der Waals surface area contributed by atoms with Gasteiger partial charge < -0.3 is 0 Å². The highest BCUT2D eigenvalue weighted by molar-refractivity contribution is 5.88. The van der Waals surface area contributed by atoms with E-state index in [9.17, 15) is 4.79 Å². The van der Waals surface area contributed by atoms with Gasteiger partial charge in [-0.15, -0.1) is 5.10 Å². The van der Waals surface area contributed by atoms with Gasteiger partial charge in [0.1, 0.15) is 5.52 Å². The molecule has 0 amide bonds. The first-order chi connectivity index (χ1) is 10.1. The number of rotatable bonds is 3. The van der Waals surface area contributed by atoms with Crippen LogP contribution in [0.4, 0.5) is 0 Å². The zero-order valence-corrected chi connectivity index (χ0v) is 12.2. The number of nitrogens with zero attached hydrogens (tertiary/aromatic N) is 3. The number of aromatic nitrogens is 3. The Kier molecular flexibility index (Phi) is 3.52. The Bertz CT molecular complexity index is 805. The first kappa shape index (κ1) is 13.5. The second-order valence-corrected chi connectivity index (χ2v) is 5.30. The minimum absolute atomic E-state index is 0.0260. The zero-order valence-electron chi connectivity index (χ0n) is 12.2. The van der Waals surface area contributed by atoms with E-state index in [-0.39, 0.29) is 5.91 Å². The second-order valence-electron chi connectivity index (χ2n) is 5.30. The molecule has 0 fully saturated rings. The molecule has 4 heteroatoms. The Morgan fingerprint density at radius 1 is 1.10 bits per heavy atom. The topological polar surface area (TPSA) is 47.8 Å². The lowest BCUT2D eigenvalue weighted by Crippen LogP contribution is -2.13. The van der Waals surface area contributed by atoms with Crippen LogP contribution in [-0.4, -0.2) is 20.9 Å². The molecular weight excluding hydrogens is 262 g/mol. The number of hydrogen-bond acceptors (Lipinski definition) is 3. The Morgan fingerprint density at radius 3 is 2.71 bits per heavy atom. The summed E-state index contributed by atoms with van der Waals surface area (Å²) in [6.07, 6.45) is 1.14. The van der Waals surface area contributed by atoms with Gasteiger partial charge in [-0.25, -0.2) is 0 Å². The molecule has 0 bridgehead atoms. The molecular formula is C17H17N3O. The van der Waals surface area contributed by atoms with Gasteiger partial charge in [-0.05, 0) is 49.1 Å². The average Bonchev–Trinajstić information content (AvgIpc) is 2.92. The quantitative estimate of drug-likeness (QED) is 0.739. The zero-order chi connectivity index (χ0) is 14.8. The Balaban J connectivity index is 1.76. The summed E-state index contributed by atoms with van der Waals surface area (Å²) < 4.78 is 1.40. The van der Waals surface area contributed by atoms with Gasteiger partial charge in [-0.2, -0.15) is 4.68 Å². The molecule has 106 valence electrons. The van der Waals surface area contributed by atoms with Crippen LogP contribution in [0.3, 0.4) is 0 Å². The maximum absolute atomic E-state index is 12.3. The monoisotopic (exact) mass is 279 g/mol. The van der Waals surface area contributed by atoms with Gasteiger partial charge in [0.15, 0.2) is 0 Å². The molecule has 3 rings (SSSR count). The Morgan fingerprint density at radius 2 is 1.90 bits per heavy atom. The van der Waals surface area contributed by atoms with Crippen molar-refractivity contribution in [3.8, 4) is 0 Å². The first-order valence-electron chi connectivity index (χ1n) is 7.05. The second kappa shape index (κ2) is 5.48. The van der Waals surface area contributed by atoms with Gasteiger partial charge in [0.25, 0.3) is 0 Å². The fourth-order valence-corrected chi connectivity index (χ4v) is 2.37. The maximum Gasteiger partial charge on any atom is 0.249 e. The Labute approximate surface area is 123 Å². The highest BCUT2D eigenvalue weighted by Gasteiger charge is 2.11. The number of carbonyl (C=O) groups excluding carboxylic acids is 1. The van der Waals surface area contributed by atoms with E-state index in [1.165, 1.54) is 21.4 Å². The molecule has 1 heterocycles. The summed E-state index contributed by atoms with van der Waals surface area (Å²) in [7, 11) is 0. The standard InChI is InChI=1S/C17H17N3O/c1-12-7-8-14(11-13(12)2)9-10-17(21)20-16-6-4-3-5-15(16)18-19-20/h3-8,11H,9-10H2,1-2H3. The molecule has 0 aliphatic heterocycles. The maximum atomic E-state index is 12.3. The van der Waals surface area contributed by atoms with E-state index in [2.05, 4.69) is 42.4 Å². The third-order valence-electron chi connectivity index (χ3n) is 3.79. The van der Waals surface area contributed by atoms with Crippen LogP contribution in [0.5, 0.6) is 0 Å². The molecule has 0 N–H and O–H groups in total. The predicted octanol–water partition coefficient (Wildman–Crippen LogP) is 3.32. The van der Waals surface area contributed by atoms with Crippen molar-refractivity contribution in [1.82, 2.24) is 15.0 Å². The molecule has 0 saturated heterocycles. The van der Waals surface area contributed by atoms with E-state index in [1.54, 1.807) is 0 Å². The number of hydrogen-bond donors (Lipinski definition) is 0. The number of aryl methyl sites for hydroxylation is 3. The van der Waals surface area contributed by atoms with E-state index in [0.717, 1.165) is 11.0 Å². The lowest BCUT2D eigenvalue weighted by Gasteiger charge is -2.05. The van der Waals surface area contributed by atoms with Crippen LogP contribution in [0.15, 0.2) is 42.5 Å². The lowest BCUT2D eigenvalue weighted by atomic mass is 10.0. The van der Waals surface area contributed by atoms with Crippen molar-refractivity contribution in [2.45, 2.75) is 26.7 Å². The van der Waals surface area contributed by atoms with Crippen molar-refractivity contribution in [3.05, 3.63) is 59.2 Å². The van der Waals surface area contributed by atoms with Crippen LogP contribution < -0.4 is 0 Å². The molecule has 3 aromatic rings. The predicted molar refractivity (Wildman–Crippen MR) is 82.4 cm³/mol. The highest BCUT2D eigenvalue weighted by Crippen LogP contribution is 2.14. The van der Waals surface area contributed by atoms with Crippen LogP contribution in [0.2, 0.25) is 0 Å². The average molecular weight is 279 g/mol. The largest absolute Gasteiger partial charge is 0.272 e. The summed E-state index contributed by atoms with van der Waals surface area (Å²) in [4.78, 5) is 12.3. The molecule has 4 nitrogen and oxygen atoms in total. The fourth-order valence-electron chi connectivity index (χ4n) is 2.37. The van der Waals surface area contributed by atoms with Gasteiger partial charge in [0.05, 0.1) is 5.52 Å². The summed E-state index contributed by atoms with van der Waals surface area (Å²) in [5.41, 5.74) is 5.22. The van der Waals surface area contributed by atoms with E-state index >= 15 is 0 Å². The molecule has 0 saturated carbocycles. The van der Waals surface area contributed by atoms with Gasteiger partial charge in [0.2, 0.25) is 5.91 Å². The van der Waals surface area contributed by atoms with Crippen molar-refractivity contribution in [1.29, 1.82) is 0 Å². The Hall–Kier alpha value is -2.49. The van der Waals surface area contributed by atoms with Crippen molar-refractivity contribution in [3.63, 3.8) is 0 Å². The van der Waals surface area contributed by atoms with E-state index in [1.807, 2.05) is 24.3 Å². The van der Waals surface area contributed by atoms with Gasteiger partial charge >= 0.3 is 0 Å². The van der Waals surface area contributed by atoms with Crippen molar-refractivity contribution < 1.29 is 4.79 Å². The van der Waals surface area contributed by atoms with Crippen LogP contribution >= 0.6 is 0 Å². The van der Waals surface area contributed by atoms with Crippen molar-refractivity contribution in [2.75, 3.05) is 0 Å². The molecule has 0 aliphatic rings. The molecule has 1 aromatic heterocycles. The fraction of sp³-hybridized carbons (Fsp3) is 0.235. The van der Waals surface area contributed by atoms with Crippen LogP contribution in [0.1, 0.15) is 27.9 Å². The summed E-state index contributed by atoms with van der Waals surface area (Å²) >= 11 is 0. The van der Waals surface area contributed by atoms with Crippen molar-refractivity contribution >= 4 is 16.9 Å². The third-order valence-corrected chi connectivity index (χ3v) is 3.79. The SMILES string of the molecule is Cc1ccc(CCC(=O)n2nnc3ccccc32)cc1C. The molecule has 2 aromatic carbocycles. The molecule has 0 radical (unpaired) electrons. The highest BCUT2D eigenvalue weighted by atomic mass is 16.2. The van der Waals surface area contributed by atoms with E-state index in [4.69, 9.17) is 0 Å². The van der Waals surface area contributed by atoms with Gasteiger partial charge in [-0.3, -0.25) is 4.79 Å². The van der Waals surface area contributed by atoms with Gasteiger partial charge in [0, 0.05) is 6.42 Å². The minimum atomic E-state index is -0.0260. The first-order valence-corrected chi connectivity index (χ1v) is 7.05. The van der Waals surface area contributed by atoms with Crippen molar-refractivity contribution in [2.24, 2.45) is 0 Å². The van der Waals surface area contributed by atoms with E-state index < -0.39 is 0 Å². The van der Waals surface area contributed by atoms with Crippen LogP contribution in [-0.2, 0) is 6.42 Å². The summed E-state index contributed by atoms with van der Waals surface area (Å²) in [5, 5.41) is 7.97. The molecule has 0 spiro atoms. The molecule has 0 atom stereocenters.